The van der Waals surface area contributed by atoms with Crippen LogP contribution < -0.4 is 16.0 Å². The molecule has 3 N–H and O–H groups in total. The fourth-order valence-corrected chi connectivity index (χ4v) is 2.11. The number of hydrogen-bond donors (Lipinski definition) is 2. The summed E-state index contributed by atoms with van der Waals surface area (Å²) in [6.45, 7) is 3.33. The van der Waals surface area contributed by atoms with Gasteiger partial charge in [-0.25, -0.2) is 4.39 Å². The molecule has 92 valence electrons. The second-order valence-corrected chi connectivity index (χ2v) is 4.09. The number of amides is 1. The number of halogens is 1. The molecule has 0 unspecified atom stereocenters. The zero-order chi connectivity index (χ0) is 12.3. The van der Waals surface area contributed by atoms with Gasteiger partial charge >= 0.3 is 0 Å². The third-order valence-electron chi connectivity index (χ3n) is 2.92. The Morgan fingerprint density at radius 1 is 1.35 bits per heavy atom. The van der Waals surface area contributed by atoms with Crippen LogP contribution in [0.15, 0.2) is 18.2 Å². The van der Waals surface area contributed by atoms with Crippen molar-refractivity contribution in [3.8, 4) is 0 Å². The monoisotopic (exact) mass is 237 g/mol. The molecule has 0 aliphatic carbocycles. The van der Waals surface area contributed by atoms with Crippen molar-refractivity contribution in [2.45, 2.75) is 6.42 Å². The van der Waals surface area contributed by atoms with Gasteiger partial charge in [-0.05, 0) is 25.1 Å². The quantitative estimate of drug-likeness (QED) is 0.797. The summed E-state index contributed by atoms with van der Waals surface area (Å²) in [5.74, 6) is -1.26. The third kappa shape index (κ3) is 2.55. The highest BCUT2D eigenvalue weighted by Crippen LogP contribution is 2.23. The molecule has 1 amide bonds. The van der Waals surface area contributed by atoms with E-state index in [0.29, 0.717) is 5.69 Å². The Bertz CT molecular complexity index is 414. The van der Waals surface area contributed by atoms with Gasteiger partial charge < -0.3 is 16.0 Å². The summed E-state index contributed by atoms with van der Waals surface area (Å²) in [6, 6.07) is 4.61. The first-order chi connectivity index (χ1) is 8.20. The van der Waals surface area contributed by atoms with E-state index < -0.39 is 11.7 Å². The van der Waals surface area contributed by atoms with Crippen molar-refractivity contribution < 1.29 is 9.18 Å². The van der Waals surface area contributed by atoms with Crippen molar-refractivity contribution in [2.75, 3.05) is 31.1 Å². The van der Waals surface area contributed by atoms with Gasteiger partial charge in [-0.2, -0.15) is 0 Å². The van der Waals surface area contributed by atoms with Gasteiger partial charge in [0, 0.05) is 19.6 Å². The second-order valence-electron chi connectivity index (χ2n) is 4.09. The number of carbonyl (C=O) groups is 1. The summed E-state index contributed by atoms with van der Waals surface area (Å²) in [4.78, 5) is 13.3. The van der Waals surface area contributed by atoms with E-state index in [1.807, 2.05) is 4.90 Å². The first-order valence-electron chi connectivity index (χ1n) is 5.74. The molecule has 0 aromatic heterocycles. The fraction of sp³-hybridized carbons (Fsp3) is 0.417. The van der Waals surface area contributed by atoms with E-state index >= 15 is 0 Å². The van der Waals surface area contributed by atoms with Crippen molar-refractivity contribution >= 4 is 11.6 Å². The molecule has 1 fully saturated rings. The van der Waals surface area contributed by atoms with Crippen LogP contribution in [0.3, 0.4) is 0 Å². The van der Waals surface area contributed by atoms with Crippen molar-refractivity contribution in [1.29, 1.82) is 0 Å². The molecule has 0 atom stereocenters. The number of benzene rings is 1. The highest BCUT2D eigenvalue weighted by Gasteiger charge is 2.19. The molecule has 1 aromatic carbocycles. The van der Waals surface area contributed by atoms with Gasteiger partial charge in [0.25, 0.3) is 5.91 Å². The smallest absolute Gasteiger partial charge is 0.253 e. The zero-order valence-electron chi connectivity index (χ0n) is 9.58. The van der Waals surface area contributed by atoms with Crippen LogP contribution in [0.2, 0.25) is 0 Å². The van der Waals surface area contributed by atoms with Crippen molar-refractivity contribution in [2.24, 2.45) is 5.73 Å². The molecule has 0 spiro atoms. The van der Waals surface area contributed by atoms with E-state index in [2.05, 4.69) is 5.32 Å². The first-order valence-corrected chi connectivity index (χ1v) is 5.74. The number of nitrogens with zero attached hydrogens (tertiary/aromatic N) is 1. The molecule has 2 rings (SSSR count). The van der Waals surface area contributed by atoms with Gasteiger partial charge in [-0.15, -0.1) is 0 Å². The number of primary amides is 1. The highest BCUT2D eigenvalue weighted by atomic mass is 19.1. The third-order valence-corrected chi connectivity index (χ3v) is 2.92. The van der Waals surface area contributed by atoms with Crippen LogP contribution in [0.5, 0.6) is 0 Å². The summed E-state index contributed by atoms with van der Waals surface area (Å²) in [6.07, 6.45) is 0.967. The zero-order valence-corrected chi connectivity index (χ0v) is 9.58. The van der Waals surface area contributed by atoms with Crippen molar-refractivity contribution in [1.82, 2.24) is 5.32 Å². The molecule has 4 nitrogen and oxygen atoms in total. The molecule has 1 aromatic rings. The minimum Gasteiger partial charge on any atom is -0.369 e. The molecule has 5 heteroatoms. The fourth-order valence-electron chi connectivity index (χ4n) is 2.11. The minimum absolute atomic E-state index is 0.00519. The highest BCUT2D eigenvalue weighted by molar-refractivity contribution is 5.99. The lowest BCUT2D eigenvalue weighted by Gasteiger charge is -2.24. The predicted molar refractivity (Wildman–Crippen MR) is 64.6 cm³/mol. The van der Waals surface area contributed by atoms with Crippen LogP contribution in [0, 0.1) is 5.82 Å². The largest absolute Gasteiger partial charge is 0.369 e. The number of anilines is 1. The average molecular weight is 237 g/mol. The normalized spacial score (nSPS) is 16.6. The predicted octanol–water partition coefficient (Wildman–Crippen LogP) is 0.724. The molecule has 1 aliphatic heterocycles. The number of carbonyl (C=O) groups excluding carboxylic acids is 1. The van der Waals surface area contributed by atoms with E-state index in [4.69, 9.17) is 5.73 Å². The lowest BCUT2D eigenvalue weighted by Crippen LogP contribution is -2.30. The summed E-state index contributed by atoms with van der Waals surface area (Å²) >= 11 is 0. The number of nitrogens with two attached hydrogens (primary N) is 1. The molecule has 0 radical (unpaired) electrons. The van der Waals surface area contributed by atoms with Gasteiger partial charge in [-0.3, -0.25) is 4.79 Å². The standard InChI is InChI=1S/C12H16FN3O/c13-9-3-1-4-10(11(9)12(14)17)16-7-2-5-15-6-8-16/h1,3-4,15H,2,5-8H2,(H2,14,17). The maximum absolute atomic E-state index is 13.6. The van der Waals surface area contributed by atoms with Crippen LogP contribution >= 0.6 is 0 Å². The molecule has 1 heterocycles. The van der Waals surface area contributed by atoms with Crippen LogP contribution in [-0.4, -0.2) is 32.1 Å². The molecule has 0 saturated carbocycles. The Morgan fingerprint density at radius 3 is 2.94 bits per heavy atom. The summed E-state index contributed by atoms with van der Waals surface area (Å²) in [5.41, 5.74) is 5.83. The molecule has 1 saturated heterocycles. The van der Waals surface area contributed by atoms with Crippen molar-refractivity contribution in [3.05, 3.63) is 29.6 Å². The molecule has 1 aliphatic rings. The molecular weight excluding hydrogens is 221 g/mol. The lowest BCUT2D eigenvalue weighted by molar-refractivity contribution is 0.0997. The average Bonchev–Trinajstić information content (AvgIpc) is 2.56. The topological polar surface area (TPSA) is 58.4 Å². The summed E-state index contributed by atoms with van der Waals surface area (Å²) < 4.78 is 13.6. The molecular formula is C12H16FN3O. The van der Waals surface area contributed by atoms with Gasteiger partial charge in [0.15, 0.2) is 0 Å². The van der Waals surface area contributed by atoms with E-state index in [1.54, 1.807) is 12.1 Å². The Balaban J connectivity index is 2.36. The van der Waals surface area contributed by atoms with Crippen LogP contribution in [-0.2, 0) is 0 Å². The van der Waals surface area contributed by atoms with Gasteiger partial charge in [-0.1, -0.05) is 6.07 Å². The molecule has 17 heavy (non-hydrogen) atoms. The van der Waals surface area contributed by atoms with E-state index in [1.165, 1.54) is 6.07 Å². The van der Waals surface area contributed by atoms with Gasteiger partial charge in [0.2, 0.25) is 0 Å². The number of rotatable bonds is 2. The van der Waals surface area contributed by atoms with Gasteiger partial charge in [0.1, 0.15) is 5.82 Å². The molecule has 0 bridgehead atoms. The van der Waals surface area contributed by atoms with E-state index in [9.17, 15) is 9.18 Å². The van der Waals surface area contributed by atoms with E-state index in [0.717, 1.165) is 32.6 Å². The Labute approximate surface area is 99.6 Å². The first kappa shape index (κ1) is 11.9. The van der Waals surface area contributed by atoms with Crippen molar-refractivity contribution in [3.63, 3.8) is 0 Å². The van der Waals surface area contributed by atoms with Crippen LogP contribution in [0.25, 0.3) is 0 Å². The van der Waals surface area contributed by atoms with Crippen LogP contribution in [0.1, 0.15) is 16.8 Å². The summed E-state index contributed by atoms with van der Waals surface area (Å²) in [5, 5.41) is 3.26. The second kappa shape index (κ2) is 5.14. The SMILES string of the molecule is NC(=O)c1c(F)cccc1N1CCCNCC1. The lowest BCUT2D eigenvalue weighted by atomic mass is 10.1. The Kier molecular flexibility index (Phi) is 3.58. The Hall–Kier alpha value is -1.62. The van der Waals surface area contributed by atoms with Crippen LogP contribution in [0.4, 0.5) is 10.1 Å². The maximum atomic E-state index is 13.6. The maximum Gasteiger partial charge on any atom is 0.253 e. The Morgan fingerprint density at radius 2 is 2.18 bits per heavy atom. The van der Waals surface area contributed by atoms with Gasteiger partial charge in [0.05, 0.1) is 11.3 Å². The minimum atomic E-state index is -0.713. The van der Waals surface area contributed by atoms with E-state index in [-0.39, 0.29) is 5.56 Å². The number of nitrogens with one attached hydrogen (secondary N) is 1. The number of hydrogen-bond acceptors (Lipinski definition) is 3. The summed E-state index contributed by atoms with van der Waals surface area (Å²) in [7, 11) is 0.